The predicted octanol–water partition coefficient (Wildman–Crippen LogP) is 2.98. The van der Waals surface area contributed by atoms with Gasteiger partial charge in [0.05, 0.1) is 5.69 Å². The first-order valence-corrected chi connectivity index (χ1v) is 7.94. The minimum atomic E-state index is -0.228. The van der Waals surface area contributed by atoms with Crippen LogP contribution in [0.15, 0.2) is 47.1 Å². The van der Waals surface area contributed by atoms with Crippen LogP contribution in [0.2, 0.25) is 0 Å². The fourth-order valence-corrected chi connectivity index (χ4v) is 2.36. The Kier molecular flexibility index (Phi) is 4.74. The summed E-state index contributed by atoms with van der Waals surface area (Å²) in [5.74, 6) is 0.362. The molecule has 0 saturated heterocycles. The number of hydrogen-bond acceptors (Lipinski definition) is 4. The number of carbonyl (C=O) groups excluding carboxylic acids is 1. The second-order valence-corrected chi connectivity index (χ2v) is 5.77. The number of benzene rings is 1. The molecule has 1 N–H and O–H groups in total. The Morgan fingerprint density at radius 1 is 1.21 bits per heavy atom. The fourth-order valence-electron chi connectivity index (χ4n) is 2.36. The lowest BCUT2D eigenvalue weighted by Crippen LogP contribution is -2.25. The van der Waals surface area contributed by atoms with Gasteiger partial charge in [0.15, 0.2) is 11.5 Å². The smallest absolute Gasteiger partial charge is 0.273 e. The van der Waals surface area contributed by atoms with Gasteiger partial charge >= 0.3 is 0 Å². The SMILES string of the molecule is Cc1ccc(-c2cc(C(=O)NCCCn3ccc(C)n3)no2)cc1. The number of amides is 1. The molecule has 124 valence electrons. The van der Waals surface area contributed by atoms with Crippen LogP contribution in [0.5, 0.6) is 0 Å². The second-order valence-electron chi connectivity index (χ2n) is 5.77. The van der Waals surface area contributed by atoms with E-state index >= 15 is 0 Å². The van der Waals surface area contributed by atoms with Crippen LogP contribution in [0.25, 0.3) is 11.3 Å². The van der Waals surface area contributed by atoms with Gasteiger partial charge in [0.25, 0.3) is 5.91 Å². The zero-order chi connectivity index (χ0) is 16.9. The molecule has 0 bridgehead atoms. The lowest BCUT2D eigenvalue weighted by Gasteiger charge is -2.03. The quantitative estimate of drug-likeness (QED) is 0.708. The molecule has 2 aromatic heterocycles. The number of nitrogens with zero attached hydrogens (tertiary/aromatic N) is 3. The summed E-state index contributed by atoms with van der Waals surface area (Å²) < 4.78 is 7.13. The molecule has 1 aromatic carbocycles. The Morgan fingerprint density at radius 2 is 2.00 bits per heavy atom. The molecule has 0 aliphatic heterocycles. The van der Waals surface area contributed by atoms with Crippen molar-refractivity contribution in [1.82, 2.24) is 20.3 Å². The number of aromatic nitrogens is 3. The summed E-state index contributed by atoms with van der Waals surface area (Å²) in [6, 6.07) is 11.5. The van der Waals surface area contributed by atoms with E-state index in [4.69, 9.17) is 4.52 Å². The Labute approximate surface area is 140 Å². The molecule has 2 heterocycles. The zero-order valence-corrected chi connectivity index (χ0v) is 13.8. The molecule has 1 amide bonds. The van der Waals surface area contributed by atoms with E-state index in [1.165, 1.54) is 5.56 Å². The zero-order valence-electron chi connectivity index (χ0n) is 13.8. The van der Waals surface area contributed by atoms with E-state index in [1.807, 2.05) is 55.1 Å². The van der Waals surface area contributed by atoms with Crippen LogP contribution < -0.4 is 5.32 Å². The lowest BCUT2D eigenvalue weighted by molar-refractivity contribution is 0.0943. The van der Waals surface area contributed by atoms with E-state index in [0.29, 0.717) is 18.0 Å². The highest BCUT2D eigenvalue weighted by Gasteiger charge is 2.13. The van der Waals surface area contributed by atoms with Crippen LogP contribution in [0, 0.1) is 13.8 Å². The number of nitrogens with one attached hydrogen (secondary N) is 1. The van der Waals surface area contributed by atoms with Gasteiger partial charge in [-0.15, -0.1) is 0 Å². The van der Waals surface area contributed by atoms with E-state index in [9.17, 15) is 4.79 Å². The van der Waals surface area contributed by atoms with Crippen molar-refractivity contribution in [2.24, 2.45) is 0 Å². The number of carbonyl (C=O) groups is 1. The summed E-state index contributed by atoms with van der Waals surface area (Å²) in [5, 5.41) is 11.0. The molecule has 0 spiro atoms. The normalized spacial score (nSPS) is 10.8. The Hall–Kier alpha value is -2.89. The van der Waals surface area contributed by atoms with Gasteiger partial charge in [-0.2, -0.15) is 5.10 Å². The summed E-state index contributed by atoms with van der Waals surface area (Å²) in [7, 11) is 0. The summed E-state index contributed by atoms with van der Waals surface area (Å²) in [5.41, 5.74) is 3.36. The van der Waals surface area contributed by atoms with Crippen LogP contribution >= 0.6 is 0 Å². The summed E-state index contributed by atoms with van der Waals surface area (Å²) in [4.78, 5) is 12.1. The summed E-state index contributed by atoms with van der Waals surface area (Å²) in [6.07, 6.45) is 2.73. The predicted molar refractivity (Wildman–Crippen MR) is 90.6 cm³/mol. The van der Waals surface area contributed by atoms with Crippen LogP contribution in [0.1, 0.15) is 28.2 Å². The molecule has 3 aromatic rings. The monoisotopic (exact) mass is 324 g/mol. The molecule has 6 heteroatoms. The molecule has 6 nitrogen and oxygen atoms in total. The number of hydrogen-bond donors (Lipinski definition) is 1. The third-order valence-corrected chi connectivity index (χ3v) is 3.70. The Morgan fingerprint density at radius 3 is 2.71 bits per heavy atom. The first kappa shape index (κ1) is 16.0. The molecule has 0 radical (unpaired) electrons. The van der Waals surface area contributed by atoms with E-state index in [0.717, 1.165) is 24.2 Å². The highest BCUT2D eigenvalue weighted by Crippen LogP contribution is 2.20. The summed E-state index contributed by atoms with van der Waals surface area (Å²) >= 11 is 0. The van der Waals surface area contributed by atoms with Crippen molar-refractivity contribution in [3.8, 4) is 11.3 Å². The maximum atomic E-state index is 12.1. The van der Waals surface area contributed by atoms with Gasteiger partial charge in [0.1, 0.15) is 0 Å². The van der Waals surface area contributed by atoms with Crippen molar-refractivity contribution in [2.75, 3.05) is 6.54 Å². The maximum absolute atomic E-state index is 12.1. The van der Waals surface area contributed by atoms with E-state index in [-0.39, 0.29) is 5.91 Å². The molecule has 3 rings (SSSR count). The Bertz CT molecular complexity index is 818. The fraction of sp³-hybridized carbons (Fsp3) is 0.278. The van der Waals surface area contributed by atoms with Crippen molar-refractivity contribution >= 4 is 5.91 Å². The molecule has 0 fully saturated rings. The average molecular weight is 324 g/mol. The van der Waals surface area contributed by atoms with Crippen LogP contribution in [-0.4, -0.2) is 27.4 Å². The minimum absolute atomic E-state index is 0.228. The van der Waals surface area contributed by atoms with Crippen molar-refractivity contribution in [3.63, 3.8) is 0 Å². The topological polar surface area (TPSA) is 73.0 Å². The Balaban J connectivity index is 1.51. The van der Waals surface area contributed by atoms with Crippen molar-refractivity contribution in [2.45, 2.75) is 26.8 Å². The van der Waals surface area contributed by atoms with Gasteiger partial charge in [-0.25, -0.2) is 0 Å². The van der Waals surface area contributed by atoms with Gasteiger partial charge in [-0.3, -0.25) is 9.48 Å². The molecule has 0 atom stereocenters. The van der Waals surface area contributed by atoms with Crippen molar-refractivity contribution in [1.29, 1.82) is 0 Å². The molecule has 0 saturated carbocycles. The lowest BCUT2D eigenvalue weighted by atomic mass is 10.1. The van der Waals surface area contributed by atoms with Crippen molar-refractivity contribution < 1.29 is 9.32 Å². The summed E-state index contributed by atoms with van der Waals surface area (Å²) in [6.45, 7) is 5.30. The number of rotatable bonds is 6. The van der Waals surface area contributed by atoms with Gasteiger partial charge in [0, 0.05) is 30.9 Å². The highest BCUT2D eigenvalue weighted by atomic mass is 16.5. The van der Waals surface area contributed by atoms with Crippen LogP contribution in [-0.2, 0) is 6.54 Å². The van der Waals surface area contributed by atoms with Crippen LogP contribution in [0.4, 0.5) is 0 Å². The average Bonchev–Trinajstić information content (AvgIpc) is 3.21. The first-order valence-electron chi connectivity index (χ1n) is 7.94. The van der Waals surface area contributed by atoms with Gasteiger partial charge in [0.2, 0.25) is 0 Å². The number of aryl methyl sites for hydroxylation is 3. The largest absolute Gasteiger partial charge is 0.355 e. The van der Waals surface area contributed by atoms with Gasteiger partial charge in [-0.05, 0) is 26.3 Å². The first-order chi connectivity index (χ1) is 11.6. The molecule has 0 aliphatic rings. The second kappa shape index (κ2) is 7.12. The minimum Gasteiger partial charge on any atom is -0.355 e. The van der Waals surface area contributed by atoms with Crippen LogP contribution in [0.3, 0.4) is 0 Å². The van der Waals surface area contributed by atoms with Gasteiger partial charge in [-0.1, -0.05) is 35.0 Å². The molecule has 24 heavy (non-hydrogen) atoms. The van der Waals surface area contributed by atoms with E-state index in [2.05, 4.69) is 15.6 Å². The highest BCUT2D eigenvalue weighted by molar-refractivity contribution is 5.93. The molecule has 0 unspecified atom stereocenters. The van der Waals surface area contributed by atoms with Gasteiger partial charge < -0.3 is 9.84 Å². The molecular weight excluding hydrogens is 304 g/mol. The third-order valence-electron chi connectivity index (χ3n) is 3.70. The van der Waals surface area contributed by atoms with E-state index < -0.39 is 0 Å². The van der Waals surface area contributed by atoms with Crippen molar-refractivity contribution in [3.05, 3.63) is 59.5 Å². The maximum Gasteiger partial charge on any atom is 0.273 e. The molecular formula is C18H20N4O2. The third kappa shape index (κ3) is 3.90. The standard InChI is InChI=1S/C18H20N4O2/c1-13-4-6-15(7-5-13)17-12-16(21-24-17)18(23)19-9-3-10-22-11-8-14(2)20-22/h4-8,11-12H,3,9-10H2,1-2H3,(H,19,23). The molecule has 0 aliphatic carbocycles. The van der Waals surface area contributed by atoms with E-state index in [1.54, 1.807) is 6.07 Å².